The smallest absolute Gasteiger partial charge is 0.0466 e. The normalized spacial score (nSPS) is 13.8. The van der Waals surface area contributed by atoms with Crippen molar-refractivity contribution in [1.29, 1.82) is 0 Å². The Morgan fingerprint density at radius 3 is 1.40 bits per heavy atom. The molecule has 0 atom stereocenters. The molecule has 0 aromatic carbocycles. The molecule has 10 heavy (non-hydrogen) atoms. The number of thioether (sulfide) groups is 1. The van der Waals surface area contributed by atoms with Crippen molar-refractivity contribution in [2.45, 2.75) is 12.8 Å². The first-order valence-corrected chi connectivity index (χ1v) is 4.53. The average Bonchev–Trinajstić information content (AvgIpc) is 2.17. The lowest BCUT2D eigenvalue weighted by Crippen LogP contribution is -1.74. The van der Waals surface area contributed by atoms with Crippen LogP contribution in [0.4, 0.5) is 0 Å². The van der Waals surface area contributed by atoms with Gasteiger partial charge in [0, 0.05) is 30.0 Å². The summed E-state index contributed by atoms with van der Waals surface area (Å²) in [5.41, 5.74) is 0. The molecule has 1 fully saturated rings. The molecule has 0 bridgehead atoms. The maximum absolute atomic E-state index is 4.94. The van der Waals surface area contributed by atoms with Gasteiger partial charge in [-0.2, -0.15) is 11.8 Å². The zero-order chi connectivity index (χ0) is 6.24. The Morgan fingerprint density at radius 1 is 1.00 bits per heavy atom. The second-order valence-corrected chi connectivity index (χ2v) is 2.54. The van der Waals surface area contributed by atoms with E-state index in [1.54, 1.807) is 11.8 Å². The Balaban J connectivity index is -0.0000000900. The van der Waals surface area contributed by atoms with Gasteiger partial charge in [0.2, 0.25) is 0 Å². The zero-order valence-electron chi connectivity index (χ0n) is 6.80. The lowest BCUT2D eigenvalue weighted by atomic mass is 10.4. The summed E-state index contributed by atoms with van der Waals surface area (Å²) in [7, 11) is 0. The highest BCUT2D eigenvalue weighted by Crippen LogP contribution is 1.98. The third-order valence-corrected chi connectivity index (χ3v) is 0.827. The Labute approximate surface area is 72.4 Å². The summed E-state index contributed by atoms with van der Waals surface area (Å²) in [5, 5.41) is 0. The van der Waals surface area contributed by atoms with Crippen LogP contribution in [0.25, 0.3) is 0 Å². The van der Waals surface area contributed by atoms with Crippen LogP contribution in [0.5, 0.6) is 0 Å². The van der Waals surface area contributed by atoms with Gasteiger partial charge in [-0.25, -0.2) is 0 Å². The van der Waals surface area contributed by atoms with Crippen LogP contribution in [0.2, 0.25) is 0 Å². The Kier molecular flexibility index (Phi) is 27.3. The Morgan fingerprint density at radius 2 is 1.30 bits per heavy atom. The molecule has 1 heterocycles. The third kappa shape index (κ3) is 15.8. The molecule has 1 saturated heterocycles. The van der Waals surface area contributed by atoms with Gasteiger partial charge in [-0.3, -0.25) is 0 Å². The molecule has 0 saturated carbocycles. The van der Waals surface area contributed by atoms with E-state index in [0.29, 0.717) is 0 Å². The summed E-state index contributed by atoms with van der Waals surface area (Å²) in [6.07, 6.45) is 6.64. The van der Waals surface area contributed by atoms with E-state index in [0.717, 1.165) is 13.2 Å². The van der Waals surface area contributed by atoms with Gasteiger partial charge < -0.3 is 4.74 Å². The van der Waals surface area contributed by atoms with E-state index in [1.165, 1.54) is 12.8 Å². The SMILES string of the molecule is C1CCOC1.CSC.[B].[B]. The quantitative estimate of drug-likeness (QED) is 0.484. The molecule has 6 radical (unpaired) electrons. The minimum Gasteiger partial charge on any atom is -0.381 e. The molecular weight excluding hydrogens is 142 g/mol. The lowest BCUT2D eigenvalue weighted by Gasteiger charge is -1.76. The molecule has 0 spiro atoms. The molecular formula is C6H14B2OS. The largest absolute Gasteiger partial charge is 0.381 e. The van der Waals surface area contributed by atoms with Crippen LogP contribution in [-0.4, -0.2) is 42.6 Å². The topological polar surface area (TPSA) is 9.23 Å². The van der Waals surface area contributed by atoms with Crippen molar-refractivity contribution in [2.24, 2.45) is 0 Å². The van der Waals surface area contributed by atoms with Gasteiger partial charge in [-0.1, -0.05) is 0 Å². The van der Waals surface area contributed by atoms with Crippen LogP contribution in [0.15, 0.2) is 0 Å². The Bertz CT molecular complexity index is 35.1. The highest BCUT2D eigenvalue weighted by molar-refractivity contribution is 7.97. The van der Waals surface area contributed by atoms with Crippen molar-refractivity contribution < 1.29 is 4.74 Å². The van der Waals surface area contributed by atoms with Crippen LogP contribution in [0.1, 0.15) is 12.8 Å². The maximum Gasteiger partial charge on any atom is 0.0466 e. The van der Waals surface area contributed by atoms with Crippen LogP contribution >= 0.6 is 11.8 Å². The van der Waals surface area contributed by atoms with Crippen molar-refractivity contribution in [3.8, 4) is 0 Å². The van der Waals surface area contributed by atoms with Crippen LogP contribution in [-0.2, 0) is 4.74 Å². The fraction of sp³-hybridized carbons (Fsp3) is 1.00. The predicted octanol–water partition coefficient (Wildman–Crippen LogP) is 1.01. The second kappa shape index (κ2) is 16.2. The lowest BCUT2D eigenvalue weighted by molar-refractivity contribution is 0.198. The molecule has 0 aromatic heterocycles. The van der Waals surface area contributed by atoms with Gasteiger partial charge in [0.1, 0.15) is 0 Å². The van der Waals surface area contributed by atoms with Crippen molar-refractivity contribution in [2.75, 3.05) is 25.7 Å². The van der Waals surface area contributed by atoms with Crippen LogP contribution < -0.4 is 0 Å². The first-order valence-electron chi connectivity index (χ1n) is 2.89. The monoisotopic (exact) mass is 156 g/mol. The number of hydrogen-bond acceptors (Lipinski definition) is 2. The number of rotatable bonds is 0. The number of hydrogen-bond donors (Lipinski definition) is 0. The zero-order valence-corrected chi connectivity index (χ0v) is 7.62. The Hall–Kier alpha value is 0.440. The standard InChI is InChI=1S/C4H8O.C2H6S.2B/c1-2-4-5-3-1;1-3-2;;/h1-4H2;1-2H3;;. The van der Waals surface area contributed by atoms with Gasteiger partial charge in [0.05, 0.1) is 0 Å². The average molecular weight is 156 g/mol. The van der Waals surface area contributed by atoms with E-state index in [1.807, 2.05) is 12.5 Å². The highest BCUT2D eigenvalue weighted by Gasteiger charge is 1.94. The summed E-state index contributed by atoms with van der Waals surface area (Å²) in [4.78, 5) is 0. The van der Waals surface area contributed by atoms with Gasteiger partial charge in [-0.15, -0.1) is 0 Å². The van der Waals surface area contributed by atoms with Crippen molar-refractivity contribution in [3.63, 3.8) is 0 Å². The van der Waals surface area contributed by atoms with Crippen molar-refractivity contribution in [3.05, 3.63) is 0 Å². The maximum atomic E-state index is 4.94. The summed E-state index contributed by atoms with van der Waals surface area (Å²) in [5.74, 6) is 0. The van der Waals surface area contributed by atoms with Gasteiger partial charge in [0.25, 0.3) is 0 Å². The van der Waals surface area contributed by atoms with Crippen LogP contribution in [0.3, 0.4) is 0 Å². The first-order chi connectivity index (χ1) is 3.91. The summed E-state index contributed by atoms with van der Waals surface area (Å²) in [6.45, 7) is 2.00. The molecule has 0 aromatic rings. The van der Waals surface area contributed by atoms with E-state index in [9.17, 15) is 0 Å². The third-order valence-electron chi connectivity index (χ3n) is 0.827. The van der Waals surface area contributed by atoms with Crippen molar-refractivity contribution >= 4 is 28.6 Å². The van der Waals surface area contributed by atoms with Gasteiger partial charge >= 0.3 is 0 Å². The van der Waals surface area contributed by atoms with E-state index in [2.05, 4.69) is 0 Å². The predicted molar refractivity (Wildman–Crippen MR) is 51.0 cm³/mol. The molecule has 0 aliphatic carbocycles. The number of ether oxygens (including phenoxy) is 1. The van der Waals surface area contributed by atoms with E-state index in [-0.39, 0.29) is 16.8 Å². The fourth-order valence-corrected chi connectivity index (χ4v) is 0.510. The van der Waals surface area contributed by atoms with Crippen molar-refractivity contribution in [1.82, 2.24) is 0 Å². The second-order valence-electron chi connectivity index (χ2n) is 1.73. The molecule has 0 amide bonds. The summed E-state index contributed by atoms with van der Waals surface area (Å²) >= 11 is 1.75. The fourth-order valence-electron chi connectivity index (χ4n) is 0.510. The molecule has 1 rings (SSSR count). The molecule has 1 nitrogen and oxygen atoms in total. The van der Waals surface area contributed by atoms with Gasteiger partial charge in [-0.05, 0) is 25.4 Å². The molecule has 1 aliphatic heterocycles. The molecule has 0 unspecified atom stereocenters. The highest BCUT2D eigenvalue weighted by atomic mass is 32.2. The molecule has 0 N–H and O–H groups in total. The minimum absolute atomic E-state index is 0. The summed E-state index contributed by atoms with van der Waals surface area (Å²) in [6, 6.07) is 0. The molecule has 4 heteroatoms. The summed E-state index contributed by atoms with van der Waals surface area (Å²) < 4.78 is 4.94. The van der Waals surface area contributed by atoms with Crippen LogP contribution in [0, 0.1) is 0 Å². The van der Waals surface area contributed by atoms with Gasteiger partial charge in [0.15, 0.2) is 0 Å². The molecule has 1 aliphatic rings. The van der Waals surface area contributed by atoms with E-state index < -0.39 is 0 Å². The van der Waals surface area contributed by atoms with E-state index in [4.69, 9.17) is 4.74 Å². The molecule has 56 valence electrons. The first kappa shape index (κ1) is 16.8. The van der Waals surface area contributed by atoms with E-state index >= 15 is 0 Å². The minimum atomic E-state index is 0.